The number of nitrogens with one attached hydrogen (secondary N) is 2. The quantitative estimate of drug-likeness (QED) is 0.795. The fraction of sp³-hybridized carbons (Fsp3) is 0.133. The SMILES string of the molecule is C=CCNc1ccc(C(=O)Nc2cc(C(F)(F)F)ccc2Cl)nn1. The number of hydrogen-bond acceptors (Lipinski definition) is 4. The maximum absolute atomic E-state index is 12.7. The molecule has 24 heavy (non-hydrogen) atoms. The van der Waals surface area contributed by atoms with Crippen molar-refractivity contribution in [1.29, 1.82) is 0 Å². The first kappa shape index (κ1) is 17.7. The van der Waals surface area contributed by atoms with Gasteiger partial charge in [-0.15, -0.1) is 16.8 Å². The number of amides is 1. The summed E-state index contributed by atoms with van der Waals surface area (Å²) in [7, 11) is 0. The van der Waals surface area contributed by atoms with E-state index < -0.39 is 17.6 Å². The van der Waals surface area contributed by atoms with Crippen molar-refractivity contribution in [3.05, 3.63) is 59.3 Å². The predicted molar refractivity (Wildman–Crippen MR) is 85.1 cm³/mol. The van der Waals surface area contributed by atoms with Crippen LogP contribution < -0.4 is 10.6 Å². The highest BCUT2D eigenvalue weighted by molar-refractivity contribution is 6.33. The number of anilines is 2. The lowest BCUT2D eigenvalue weighted by atomic mass is 10.2. The second-order valence-electron chi connectivity index (χ2n) is 4.62. The molecule has 0 aliphatic rings. The van der Waals surface area contributed by atoms with Crippen molar-refractivity contribution in [2.24, 2.45) is 0 Å². The fourth-order valence-corrected chi connectivity index (χ4v) is 1.87. The molecule has 1 aromatic carbocycles. The number of halogens is 4. The van der Waals surface area contributed by atoms with Crippen LogP contribution in [0.5, 0.6) is 0 Å². The van der Waals surface area contributed by atoms with Gasteiger partial charge in [0, 0.05) is 6.54 Å². The third kappa shape index (κ3) is 4.45. The monoisotopic (exact) mass is 356 g/mol. The number of hydrogen-bond donors (Lipinski definition) is 2. The molecule has 0 radical (unpaired) electrons. The topological polar surface area (TPSA) is 66.9 Å². The Balaban J connectivity index is 2.16. The number of alkyl halides is 3. The highest BCUT2D eigenvalue weighted by Gasteiger charge is 2.31. The molecule has 0 bridgehead atoms. The van der Waals surface area contributed by atoms with Crippen LogP contribution in [0.2, 0.25) is 5.02 Å². The van der Waals surface area contributed by atoms with Crippen LogP contribution in [-0.4, -0.2) is 22.6 Å². The van der Waals surface area contributed by atoms with Gasteiger partial charge in [0.1, 0.15) is 5.82 Å². The first-order valence-electron chi connectivity index (χ1n) is 6.68. The Morgan fingerprint density at radius 1 is 1.25 bits per heavy atom. The summed E-state index contributed by atoms with van der Waals surface area (Å²) in [5.41, 5.74) is -1.14. The molecule has 126 valence electrons. The summed E-state index contributed by atoms with van der Waals surface area (Å²) in [4.78, 5) is 12.1. The molecule has 0 spiro atoms. The minimum atomic E-state index is -4.54. The van der Waals surface area contributed by atoms with E-state index in [2.05, 4.69) is 27.4 Å². The number of aromatic nitrogens is 2. The summed E-state index contributed by atoms with van der Waals surface area (Å²) in [6, 6.07) is 5.55. The molecule has 1 aromatic heterocycles. The van der Waals surface area contributed by atoms with Crippen LogP contribution >= 0.6 is 11.6 Å². The van der Waals surface area contributed by atoms with Crippen molar-refractivity contribution < 1.29 is 18.0 Å². The van der Waals surface area contributed by atoms with Crippen molar-refractivity contribution in [1.82, 2.24) is 10.2 Å². The highest BCUT2D eigenvalue weighted by Crippen LogP contribution is 2.33. The van der Waals surface area contributed by atoms with Crippen molar-refractivity contribution in [3.8, 4) is 0 Å². The number of benzene rings is 1. The minimum Gasteiger partial charge on any atom is -0.365 e. The third-order valence-corrected chi connectivity index (χ3v) is 3.20. The zero-order valence-electron chi connectivity index (χ0n) is 12.2. The van der Waals surface area contributed by atoms with Crippen molar-refractivity contribution in [3.63, 3.8) is 0 Å². The van der Waals surface area contributed by atoms with Gasteiger partial charge in [0.15, 0.2) is 5.69 Å². The molecule has 0 aliphatic carbocycles. The number of carbonyl (C=O) groups excluding carboxylic acids is 1. The second-order valence-corrected chi connectivity index (χ2v) is 5.03. The van der Waals surface area contributed by atoms with Gasteiger partial charge in [-0.25, -0.2) is 0 Å². The van der Waals surface area contributed by atoms with Crippen LogP contribution in [0.3, 0.4) is 0 Å². The Morgan fingerprint density at radius 2 is 2.00 bits per heavy atom. The predicted octanol–water partition coefficient (Wildman–Crippen LogP) is 4.00. The lowest BCUT2D eigenvalue weighted by molar-refractivity contribution is -0.137. The molecular weight excluding hydrogens is 345 g/mol. The lowest BCUT2D eigenvalue weighted by Gasteiger charge is -2.11. The molecule has 5 nitrogen and oxygen atoms in total. The Morgan fingerprint density at radius 3 is 2.58 bits per heavy atom. The molecule has 0 unspecified atom stereocenters. The standard InChI is InChI=1S/C15H12ClF3N4O/c1-2-7-20-13-6-5-11(22-23-13)14(24)21-12-8-9(15(17,18)19)3-4-10(12)16/h2-6,8H,1,7H2,(H,20,23)(H,21,24). The van der Waals surface area contributed by atoms with E-state index in [1.165, 1.54) is 12.1 Å². The van der Waals surface area contributed by atoms with Crippen LogP contribution in [0.15, 0.2) is 43.0 Å². The van der Waals surface area contributed by atoms with Crippen LogP contribution in [0.25, 0.3) is 0 Å². The van der Waals surface area contributed by atoms with Gasteiger partial charge in [0.2, 0.25) is 0 Å². The Labute approximate surface area is 140 Å². The molecule has 2 N–H and O–H groups in total. The molecule has 0 aliphatic heterocycles. The van der Waals surface area contributed by atoms with Crippen LogP contribution in [0, 0.1) is 0 Å². The summed E-state index contributed by atoms with van der Waals surface area (Å²) in [6.45, 7) is 4.01. The van der Waals surface area contributed by atoms with Gasteiger partial charge >= 0.3 is 6.18 Å². The number of nitrogens with zero attached hydrogens (tertiary/aromatic N) is 2. The second kappa shape index (κ2) is 7.31. The smallest absolute Gasteiger partial charge is 0.365 e. The van der Waals surface area contributed by atoms with Gasteiger partial charge < -0.3 is 10.6 Å². The molecule has 1 heterocycles. The van der Waals surface area contributed by atoms with Crippen molar-refractivity contribution in [2.45, 2.75) is 6.18 Å². The summed E-state index contributed by atoms with van der Waals surface area (Å²) < 4.78 is 38.1. The van der Waals surface area contributed by atoms with Gasteiger partial charge in [-0.3, -0.25) is 4.79 Å². The van der Waals surface area contributed by atoms with Crippen LogP contribution in [0.1, 0.15) is 16.1 Å². The highest BCUT2D eigenvalue weighted by atomic mass is 35.5. The van der Waals surface area contributed by atoms with Gasteiger partial charge in [0.05, 0.1) is 16.3 Å². The van der Waals surface area contributed by atoms with Crippen LogP contribution in [0.4, 0.5) is 24.7 Å². The van der Waals surface area contributed by atoms with E-state index in [9.17, 15) is 18.0 Å². The van der Waals surface area contributed by atoms with Gasteiger partial charge in [-0.2, -0.15) is 13.2 Å². The first-order chi connectivity index (χ1) is 11.3. The maximum Gasteiger partial charge on any atom is 0.416 e. The Hall–Kier alpha value is -2.61. The number of rotatable bonds is 5. The van der Waals surface area contributed by atoms with E-state index in [1.54, 1.807) is 6.08 Å². The Bertz CT molecular complexity index is 747. The molecule has 1 amide bonds. The molecule has 0 saturated heterocycles. The van der Waals surface area contributed by atoms with E-state index in [1.807, 2.05) is 0 Å². The third-order valence-electron chi connectivity index (χ3n) is 2.87. The zero-order chi connectivity index (χ0) is 17.7. The molecule has 0 fully saturated rings. The average molecular weight is 357 g/mol. The van der Waals surface area contributed by atoms with E-state index >= 15 is 0 Å². The summed E-state index contributed by atoms with van der Waals surface area (Å²) in [6.07, 6.45) is -2.92. The van der Waals surface area contributed by atoms with E-state index in [-0.39, 0.29) is 16.4 Å². The molecule has 0 atom stereocenters. The molecule has 0 saturated carbocycles. The van der Waals surface area contributed by atoms with E-state index in [0.717, 1.165) is 18.2 Å². The minimum absolute atomic E-state index is 0.0198. The van der Waals surface area contributed by atoms with Gasteiger partial charge in [-0.05, 0) is 30.3 Å². The maximum atomic E-state index is 12.7. The molecule has 9 heteroatoms. The average Bonchev–Trinajstić information content (AvgIpc) is 2.54. The van der Waals surface area contributed by atoms with Crippen molar-refractivity contribution >= 4 is 29.0 Å². The summed E-state index contributed by atoms with van der Waals surface area (Å²) in [5, 5.41) is 12.6. The molecule has 2 rings (SSSR count). The molecular formula is C15H12ClF3N4O. The van der Waals surface area contributed by atoms with Gasteiger partial charge in [-0.1, -0.05) is 17.7 Å². The largest absolute Gasteiger partial charge is 0.416 e. The number of carbonyl (C=O) groups is 1. The zero-order valence-corrected chi connectivity index (χ0v) is 12.9. The van der Waals surface area contributed by atoms with Gasteiger partial charge in [0.25, 0.3) is 5.91 Å². The van der Waals surface area contributed by atoms with Crippen molar-refractivity contribution in [2.75, 3.05) is 17.2 Å². The first-order valence-corrected chi connectivity index (χ1v) is 7.05. The molecule has 2 aromatic rings. The van der Waals surface area contributed by atoms with E-state index in [0.29, 0.717) is 12.4 Å². The van der Waals surface area contributed by atoms with Crippen LogP contribution in [-0.2, 0) is 6.18 Å². The van der Waals surface area contributed by atoms with E-state index in [4.69, 9.17) is 11.6 Å². The summed E-state index contributed by atoms with van der Waals surface area (Å²) in [5.74, 6) is -0.289. The normalized spacial score (nSPS) is 11.0. The fourth-order valence-electron chi connectivity index (χ4n) is 1.71. The lowest BCUT2D eigenvalue weighted by Crippen LogP contribution is -2.16. The summed E-state index contributed by atoms with van der Waals surface area (Å²) >= 11 is 5.82. The Kier molecular flexibility index (Phi) is 5.40.